The fourth-order valence-electron chi connectivity index (χ4n) is 3.23. The lowest BCUT2D eigenvalue weighted by Crippen LogP contribution is -2.53. The van der Waals surface area contributed by atoms with E-state index in [-0.39, 0.29) is 18.8 Å². The summed E-state index contributed by atoms with van der Waals surface area (Å²) < 4.78 is 5.67. The maximum absolute atomic E-state index is 9.22. The van der Waals surface area contributed by atoms with Gasteiger partial charge in [0.05, 0.1) is 18.8 Å². The van der Waals surface area contributed by atoms with Crippen molar-refractivity contribution in [2.45, 2.75) is 44.4 Å². The number of ether oxygens (including phenoxy) is 1. The zero-order valence-electron chi connectivity index (χ0n) is 10.1. The largest absolute Gasteiger partial charge is 0.394 e. The Bertz CT molecular complexity index is 225. The number of aliphatic hydroxyl groups is 1. The first kappa shape index (κ1) is 12.3. The van der Waals surface area contributed by atoms with E-state index in [9.17, 15) is 5.11 Å². The Morgan fingerprint density at radius 1 is 1.38 bits per heavy atom. The van der Waals surface area contributed by atoms with Gasteiger partial charge in [0.15, 0.2) is 0 Å². The molecule has 16 heavy (non-hydrogen) atoms. The van der Waals surface area contributed by atoms with Crippen LogP contribution in [-0.4, -0.2) is 54.5 Å². The van der Waals surface area contributed by atoms with Gasteiger partial charge in [-0.15, -0.1) is 0 Å². The molecule has 3 N–H and O–H groups in total. The number of morpholine rings is 1. The third-order valence-electron chi connectivity index (χ3n) is 3.95. The van der Waals surface area contributed by atoms with Gasteiger partial charge < -0.3 is 15.6 Å². The van der Waals surface area contributed by atoms with E-state index in [1.807, 2.05) is 0 Å². The molecule has 0 amide bonds. The second kappa shape index (κ2) is 5.45. The smallest absolute Gasteiger partial charge is 0.0936 e. The van der Waals surface area contributed by atoms with Crippen LogP contribution in [0.3, 0.4) is 0 Å². The number of aliphatic hydroxyl groups excluding tert-OH is 1. The lowest BCUT2D eigenvalue weighted by Gasteiger charge is -2.41. The van der Waals surface area contributed by atoms with Gasteiger partial charge in [0.2, 0.25) is 0 Å². The van der Waals surface area contributed by atoms with E-state index in [4.69, 9.17) is 10.5 Å². The molecule has 0 radical (unpaired) electrons. The van der Waals surface area contributed by atoms with Crippen molar-refractivity contribution in [3.8, 4) is 0 Å². The molecule has 2 aliphatic rings. The van der Waals surface area contributed by atoms with Gasteiger partial charge in [-0.3, -0.25) is 4.90 Å². The van der Waals surface area contributed by atoms with Crippen LogP contribution in [0.4, 0.5) is 0 Å². The van der Waals surface area contributed by atoms with Crippen molar-refractivity contribution in [1.82, 2.24) is 4.90 Å². The van der Waals surface area contributed by atoms with Crippen LogP contribution in [0.15, 0.2) is 0 Å². The standard InChI is InChI=1S/C12H24N2O2/c1-9-6-14(7-11(8-15)16-9)12-4-2-3-10(12)5-13/h9-12,15H,2-8,13H2,1H3. The highest BCUT2D eigenvalue weighted by Gasteiger charge is 2.35. The van der Waals surface area contributed by atoms with Gasteiger partial charge in [-0.2, -0.15) is 0 Å². The van der Waals surface area contributed by atoms with Crippen LogP contribution < -0.4 is 5.73 Å². The van der Waals surface area contributed by atoms with E-state index >= 15 is 0 Å². The molecule has 4 unspecified atom stereocenters. The topological polar surface area (TPSA) is 58.7 Å². The molecule has 0 aromatic heterocycles. The van der Waals surface area contributed by atoms with Gasteiger partial charge >= 0.3 is 0 Å². The van der Waals surface area contributed by atoms with E-state index < -0.39 is 0 Å². The molecule has 4 atom stereocenters. The maximum Gasteiger partial charge on any atom is 0.0936 e. The molecule has 4 nitrogen and oxygen atoms in total. The normalized spacial score (nSPS) is 41.4. The highest BCUT2D eigenvalue weighted by molar-refractivity contribution is 4.89. The Labute approximate surface area is 97.7 Å². The summed E-state index contributed by atoms with van der Waals surface area (Å²) in [5.41, 5.74) is 5.83. The summed E-state index contributed by atoms with van der Waals surface area (Å²) in [7, 11) is 0. The number of hydrogen-bond donors (Lipinski definition) is 2. The first-order chi connectivity index (χ1) is 7.74. The molecular weight excluding hydrogens is 204 g/mol. The summed E-state index contributed by atoms with van der Waals surface area (Å²) in [4.78, 5) is 2.49. The quantitative estimate of drug-likeness (QED) is 0.724. The van der Waals surface area contributed by atoms with E-state index in [2.05, 4.69) is 11.8 Å². The van der Waals surface area contributed by atoms with Crippen LogP contribution in [-0.2, 0) is 4.74 Å². The Balaban J connectivity index is 1.97. The summed E-state index contributed by atoms with van der Waals surface area (Å²) in [6.45, 7) is 4.85. The molecule has 1 aliphatic carbocycles. The minimum Gasteiger partial charge on any atom is -0.394 e. The lowest BCUT2D eigenvalue weighted by molar-refractivity contribution is -0.108. The molecular formula is C12H24N2O2. The molecule has 1 saturated heterocycles. The molecule has 0 aromatic carbocycles. The second-order valence-corrected chi connectivity index (χ2v) is 5.20. The van der Waals surface area contributed by atoms with Gasteiger partial charge in [-0.25, -0.2) is 0 Å². The summed E-state index contributed by atoms with van der Waals surface area (Å²) in [5, 5.41) is 9.22. The molecule has 94 valence electrons. The fourth-order valence-corrected chi connectivity index (χ4v) is 3.23. The minimum absolute atomic E-state index is 0.0113. The summed E-state index contributed by atoms with van der Waals surface area (Å²) >= 11 is 0. The fraction of sp³-hybridized carbons (Fsp3) is 1.00. The van der Waals surface area contributed by atoms with Crippen LogP contribution in [0.2, 0.25) is 0 Å². The molecule has 0 spiro atoms. The molecule has 1 heterocycles. The van der Waals surface area contributed by atoms with E-state index in [0.29, 0.717) is 12.0 Å². The van der Waals surface area contributed by atoms with Crippen LogP contribution >= 0.6 is 0 Å². The Morgan fingerprint density at radius 2 is 2.19 bits per heavy atom. The van der Waals surface area contributed by atoms with Gasteiger partial charge in [-0.1, -0.05) is 6.42 Å². The summed E-state index contributed by atoms with van der Waals surface area (Å²) in [6.07, 6.45) is 4.03. The van der Waals surface area contributed by atoms with Crippen LogP contribution in [0.25, 0.3) is 0 Å². The molecule has 0 aromatic rings. The zero-order valence-corrected chi connectivity index (χ0v) is 10.1. The Kier molecular flexibility index (Phi) is 4.19. The number of nitrogens with zero attached hydrogens (tertiary/aromatic N) is 1. The molecule has 1 aliphatic heterocycles. The van der Waals surface area contributed by atoms with Crippen LogP contribution in [0, 0.1) is 5.92 Å². The van der Waals surface area contributed by atoms with Crippen molar-refractivity contribution in [3.63, 3.8) is 0 Å². The maximum atomic E-state index is 9.22. The van der Waals surface area contributed by atoms with Crippen molar-refractivity contribution < 1.29 is 9.84 Å². The Morgan fingerprint density at radius 3 is 2.88 bits per heavy atom. The average molecular weight is 228 g/mol. The third-order valence-corrected chi connectivity index (χ3v) is 3.95. The minimum atomic E-state index is -0.0113. The molecule has 2 rings (SSSR count). The van der Waals surface area contributed by atoms with Crippen LogP contribution in [0.5, 0.6) is 0 Å². The molecule has 4 heteroatoms. The van der Waals surface area contributed by atoms with Crippen molar-refractivity contribution >= 4 is 0 Å². The number of nitrogens with two attached hydrogens (primary N) is 1. The number of rotatable bonds is 3. The van der Waals surface area contributed by atoms with Crippen molar-refractivity contribution in [2.24, 2.45) is 11.7 Å². The predicted octanol–water partition coefficient (Wildman–Crippen LogP) is 0.195. The van der Waals surface area contributed by atoms with E-state index in [1.165, 1.54) is 19.3 Å². The second-order valence-electron chi connectivity index (χ2n) is 5.20. The van der Waals surface area contributed by atoms with Gasteiger partial charge in [-0.05, 0) is 32.2 Å². The monoisotopic (exact) mass is 228 g/mol. The SMILES string of the molecule is CC1CN(C2CCCC2CN)CC(CO)O1. The first-order valence-corrected chi connectivity index (χ1v) is 6.45. The molecule has 1 saturated carbocycles. The summed E-state index contributed by atoms with van der Waals surface area (Å²) in [5.74, 6) is 0.643. The highest BCUT2D eigenvalue weighted by atomic mass is 16.5. The molecule has 0 bridgehead atoms. The van der Waals surface area contributed by atoms with Gasteiger partial charge in [0.1, 0.15) is 0 Å². The molecule has 2 fully saturated rings. The number of hydrogen-bond acceptors (Lipinski definition) is 4. The van der Waals surface area contributed by atoms with Gasteiger partial charge in [0, 0.05) is 19.1 Å². The summed E-state index contributed by atoms with van der Waals surface area (Å²) in [6, 6.07) is 0.616. The highest BCUT2D eigenvalue weighted by Crippen LogP contribution is 2.31. The Hall–Kier alpha value is -0.160. The van der Waals surface area contributed by atoms with Crippen molar-refractivity contribution in [3.05, 3.63) is 0 Å². The van der Waals surface area contributed by atoms with Crippen molar-refractivity contribution in [1.29, 1.82) is 0 Å². The first-order valence-electron chi connectivity index (χ1n) is 6.45. The lowest BCUT2D eigenvalue weighted by atomic mass is 10.0. The van der Waals surface area contributed by atoms with Crippen molar-refractivity contribution in [2.75, 3.05) is 26.2 Å². The predicted molar refractivity (Wildman–Crippen MR) is 63.2 cm³/mol. The van der Waals surface area contributed by atoms with E-state index in [0.717, 1.165) is 19.6 Å². The van der Waals surface area contributed by atoms with Crippen LogP contribution in [0.1, 0.15) is 26.2 Å². The average Bonchev–Trinajstić information content (AvgIpc) is 2.76. The van der Waals surface area contributed by atoms with E-state index in [1.54, 1.807) is 0 Å². The third kappa shape index (κ3) is 2.56. The zero-order chi connectivity index (χ0) is 11.5. The van der Waals surface area contributed by atoms with Gasteiger partial charge in [0.25, 0.3) is 0 Å².